The van der Waals surface area contributed by atoms with Gasteiger partial charge in [0.05, 0.1) is 5.71 Å². The van der Waals surface area contributed by atoms with E-state index in [-0.39, 0.29) is 23.6 Å². The van der Waals surface area contributed by atoms with Crippen LogP contribution in [0.3, 0.4) is 0 Å². The molecular formula is C18H27N5O4. The van der Waals surface area contributed by atoms with Crippen LogP contribution in [0.5, 0.6) is 0 Å². The number of likely N-dealkylation sites (tertiary alicyclic amines) is 1. The van der Waals surface area contributed by atoms with E-state index in [0.717, 1.165) is 18.6 Å². The van der Waals surface area contributed by atoms with E-state index in [1.165, 1.54) is 0 Å². The van der Waals surface area contributed by atoms with Gasteiger partial charge in [-0.2, -0.15) is 5.10 Å². The van der Waals surface area contributed by atoms with Gasteiger partial charge in [0.25, 0.3) is 11.8 Å². The van der Waals surface area contributed by atoms with Crippen molar-refractivity contribution in [3.63, 3.8) is 0 Å². The molecular weight excluding hydrogens is 350 g/mol. The largest absolute Gasteiger partial charge is 0.382 e. The Morgan fingerprint density at radius 1 is 1.30 bits per heavy atom. The first-order chi connectivity index (χ1) is 12.9. The van der Waals surface area contributed by atoms with Crippen molar-refractivity contribution in [2.45, 2.75) is 52.1 Å². The van der Waals surface area contributed by atoms with Gasteiger partial charge in [-0.1, -0.05) is 19.0 Å². The van der Waals surface area contributed by atoms with Gasteiger partial charge in [0.1, 0.15) is 5.71 Å². The van der Waals surface area contributed by atoms with E-state index in [0.29, 0.717) is 50.5 Å². The van der Waals surface area contributed by atoms with Crippen molar-refractivity contribution >= 4 is 29.1 Å². The Balaban J connectivity index is 1.38. The molecule has 9 nitrogen and oxygen atoms in total. The minimum Gasteiger partial charge on any atom is -0.382 e. The maximum absolute atomic E-state index is 12.4. The molecule has 0 aliphatic carbocycles. The molecule has 0 aromatic carbocycles. The highest BCUT2D eigenvalue weighted by Crippen LogP contribution is 2.19. The minimum atomic E-state index is -0.524. The average molecular weight is 377 g/mol. The molecule has 3 aliphatic rings. The lowest BCUT2D eigenvalue weighted by Gasteiger charge is -2.32. The van der Waals surface area contributed by atoms with Crippen molar-refractivity contribution in [2.24, 2.45) is 22.1 Å². The van der Waals surface area contributed by atoms with Gasteiger partial charge in [-0.15, -0.1) is 0 Å². The quantitative estimate of drug-likeness (QED) is 0.722. The molecule has 0 radical (unpaired) electrons. The maximum atomic E-state index is 12.4. The van der Waals surface area contributed by atoms with E-state index in [1.54, 1.807) is 4.90 Å². The lowest BCUT2D eigenvalue weighted by Crippen LogP contribution is -2.46. The van der Waals surface area contributed by atoms with E-state index in [2.05, 4.69) is 21.0 Å². The van der Waals surface area contributed by atoms with E-state index in [1.807, 2.05) is 13.8 Å². The summed E-state index contributed by atoms with van der Waals surface area (Å²) in [5.74, 6) is 0.234. The molecule has 1 saturated heterocycles. The molecule has 3 rings (SSSR count). The number of hydrogen-bond donors (Lipinski definition) is 2. The summed E-state index contributed by atoms with van der Waals surface area (Å²) in [6.45, 7) is 5.91. The second-order valence-corrected chi connectivity index (χ2v) is 7.61. The predicted octanol–water partition coefficient (Wildman–Crippen LogP) is 0.408. The summed E-state index contributed by atoms with van der Waals surface area (Å²) < 4.78 is 0. The fourth-order valence-corrected chi connectivity index (χ4v) is 3.39. The molecule has 3 heterocycles. The standard InChI is InChI=1S/C18H27N5O4/c1-11(2)14-9-15(27-22-14)17(25)19-10-12-5-7-23(8-6-12)18(26)13-3-4-16(24)21-20-13/h11-12,15H,3-10H2,1-2H3,(H,19,25)(H,21,24). The molecule has 0 aromatic rings. The van der Waals surface area contributed by atoms with Gasteiger partial charge in [0.2, 0.25) is 12.0 Å². The van der Waals surface area contributed by atoms with E-state index in [9.17, 15) is 14.4 Å². The number of piperidine rings is 1. The van der Waals surface area contributed by atoms with E-state index in [4.69, 9.17) is 4.84 Å². The van der Waals surface area contributed by atoms with E-state index < -0.39 is 6.10 Å². The number of oxime groups is 1. The van der Waals surface area contributed by atoms with Crippen LogP contribution in [-0.2, 0) is 19.2 Å². The second kappa shape index (κ2) is 8.49. The Morgan fingerprint density at radius 3 is 2.63 bits per heavy atom. The van der Waals surface area contributed by atoms with Gasteiger partial charge in [-0.3, -0.25) is 14.4 Å². The van der Waals surface area contributed by atoms with Crippen LogP contribution in [-0.4, -0.2) is 59.8 Å². The third-order valence-corrected chi connectivity index (χ3v) is 5.27. The average Bonchev–Trinajstić information content (AvgIpc) is 3.17. The monoisotopic (exact) mass is 377 g/mol. The molecule has 0 aromatic heterocycles. The molecule has 1 atom stereocenters. The lowest BCUT2D eigenvalue weighted by atomic mass is 9.96. The number of carbonyl (C=O) groups is 3. The van der Waals surface area contributed by atoms with Crippen molar-refractivity contribution in [1.82, 2.24) is 15.6 Å². The summed E-state index contributed by atoms with van der Waals surface area (Å²) in [4.78, 5) is 42.8. The molecule has 0 bridgehead atoms. The highest BCUT2D eigenvalue weighted by molar-refractivity contribution is 6.39. The van der Waals surface area contributed by atoms with Crippen LogP contribution in [0, 0.1) is 11.8 Å². The van der Waals surface area contributed by atoms with Crippen LogP contribution in [0.2, 0.25) is 0 Å². The summed E-state index contributed by atoms with van der Waals surface area (Å²) in [6.07, 6.45) is 2.37. The summed E-state index contributed by atoms with van der Waals surface area (Å²) in [5, 5.41) is 10.8. The second-order valence-electron chi connectivity index (χ2n) is 7.61. The Kier molecular flexibility index (Phi) is 6.08. The van der Waals surface area contributed by atoms with Gasteiger partial charge in [0.15, 0.2) is 0 Å². The summed E-state index contributed by atoms with van der Waals surface area (Å²) >= 11 is 0. The van der Waals surface area contributed by atoms with Crippen LogP contribution in [0.15, 0.2) is 10.3 Å². The molecule has 0 saturated carbocycles. The number of carbonyl (C=O) groups excluding carboxylic acids is 3. The van der Waals surface area contributed by atoms with Gasteiger partial charge in [-0.05, 0) is 24.7 Å². The molecule has 0 spiro atoms. The fourth-order valence-electron chi connectivity index (χ4n) is 3.39. The Bertz CT molecular complexity index is 665. The molecule has 3 aliphatic heterocycles. The molecule has 148 valence electrons. The molecule has 9 heteroatoms. The molecule has 2 N–H and O–H groups in total. The Hall–Kier alpha value is -2.45. The lowest BCUT2D eigenvalue weighted by molar-refractivity contribution is -0.132. The zero-order chi connectivity index (χ0) is 19.4. The molecule has 3 amide bonds. The van der Waals surface area contributed by atoms with Gasteiger partial charge >= 0.3 is 0 Å². The van der Waals surface area contributed by atoms with Crippen LogP contribution in [0.1, 0.15) is 46.0 Å². The van der Waals surface area contributed by atoms with Gasteiger partial charge in [-0.25, -0.2) is 5.43 Å². The van der Waals surface area contributed by atoms with Gasteiger partial charge in [0, 0.05) is 38.9 Å². The van der Waals surface area contributed by atoms with Crippen molar-refractivity contribution < 1.29 is 19.2 Å². The van der Waals surface area contributed by atoms with E-state index >= 15 is 0 Å². The number of hydrogen-bond acceptors (Lipinski definition) is 6. The number of amides is 3. The van der Waals surface area contributed by atoms with Gasteiger partial charge < -0.3 is 15.1 Å². The minimum absolute atomic E-state index is 0.102. The van der Waals surface area contributed by atoms with Crippen LogP contribution < -0.4 is 10.7 Å². The number of nitrogens with zero attached hydrogens (tertiary/aromatic N) is 3. The maximum Gasteiger partial charge on any atom is 0.270 e. The Labute approximate surface area is 158 Å². The third-order valence-electron chi connectivity index (χ3n) is 5.27. The fraction of sp³-hybridized carbons (Fsp3) is 0.722. The first-order valence-corrected chi connectivity index (χ1v) is 9.59. The third kappa shape index (κ3) is 4.84. The van der Waals surface area contributed by atoms with Crippen LogP contribution >= 0.6 is 0 Å². The smallest absolute Gasteiger partial charge is 0.270 e. The topological polar surface area (TPSA) is 112 Å². The first-order valence-electron chi connectivity index (χ1n) is 9.59. The van der Waals surface area contributed by atoms with Crippen molar-refractivity contribution in [3.8, 4) is 0 Å². The molecule has 27 heavy (non-hydrogen) atoms. The van der Waals surface area contributed by atoms with Crippen molar-refractivity contribution in [2.75, 3.05) is 19.6 Å². The number of nitrogens with one attached hydrogen (secondary N) is 2. The summed E-state index contributed by atoms with van der Waals surface area (Å²) in [5.41, 5.74) is 3.70. The first kappa shape index (κ1) is 19.3. The summed E-state index contributed by atoms with van der Waals surface area (Å²) in [6, 6.07) is 0. The zero-order valence-corrected chi connectivity index (χ0v) is 15.9. The van der Waals surface area contributed by atoms with Crippen LogP contribution in [0.25, 0.3) is 0 Å². The normalized spacial score (nSPS) is 23.4. The van der Waals surface area contributed by atoms with Crippen molar-refractivity contribution in [3.05, 3.63) is 0 Å². The Morgan fingerprint density at radius 2 is 2.04 bits per heavy atom. The molecule has 1 fully saturated rings. The highest BCUT2D eigenvalue weighted by atomic mass is 16.6. The number of rotatable bonds is 5. The van der Waals surface area contributed by atoms with Crippen LogP contribution in [0.4, 0.5) is 0 Å². The summed E-state index contributed by atoms with van der Waals surface area (Å²) in [7, 11) is 0. The number of hydrazone groups is 1. The highest BCUT2D eigenvalue weighted by Gasteiger charge is 2.31. The SMILES string of the molecule is CC(C)C1=NOC(C(=O)NCC2CCN(C(=O)C3=NNC(=O)CC3)CC2)C1. The zero-order valence-electron chi connectivity index (χ0n) is 15.9. The molecule has 1 unspecified atom stereocenters. The van der Waals surface area contributed by atoms with Crippen molar-refractivity contribution in [1.29, 1.82) is 0 Å². The predicted molar refractivity (Wildman–Crippen MR) is 98.9 cm³/mol.